The van der Waals surface area contributed by atoms with Gasteiger partial charge in [0.1, 0.15) is 0 Å². The van der Waals surface area contributed by atoms with Gasteiger partial charge in [-0.25, -0.2) is 0 Å². The van der Waals surface area contributed by atoms with Crippen molar-refractivity contribution in [3.8, 4) is 0 Å². The fraction of sp³-hybridized carbons (Fsp3) is 1.00. The number of rotatable bonds is 4. The zero-order valence-corrected chi connectivity index (χ0v) is 11.7. The van der Waals surface area contributed by atoms with Crippen LogP contribution in [0.25, 0.3) is 0 Å². The molecule has 1 aliphatic heterocycles. The number of hydrogen-bond donors (Lipinski definition) is 1. The van der Waals surface area contributed by atoms with Crippen molar-refractivity contribution in [1.29, 1.82) is 0 Å². The van der Waals surface area contributed by atoms with Crippen molar-refractivity contribution in [1.82, 2.24) is 10.2 Å². The summed E-state index contributed by atoms with van der Waals surface area (Å²) in [5.41, 5.74) is 0.396. The van der Waals surface area contributed by atoms with Gasteiger partial charge in [-0.2, -0.15) is 0 Å². The van der Waals surface area contributed by atoms with Crippen molar-refractivity contribution < 1.29 is 4.74 Å². The fourth-order valence-corrected chi connectivity index (χ4v) is 4.04. The minimum Gasteiger partial charge on any atom is -0.379 e. The molecule has 1 N–H and O–H groups in total. The lowest BCUT2D eigenvalue weighted by molar-refractivity contribution is -0.0412. The highest BCUT2D eigenvalue weighted by Gasteiger charge is 2.46. The molecule has 0 spiro atoms. The Kier molecular flexibility index (Phi) is 4.45. The molecular weight excluding hydrogens is 212 g/mol. The predicted molar refractivity (Wildman–Crippen MR) is 71.3 cm³/mol. The molecule has 2 rings (SSSR count). The number of likely N-dealkylation sites (N-methyl/N-ethyl adjacent to an activating group) is 1. The largest absolute Gasteiger partial charge is 0.379 e. The molecule has 1 aliphatic carbocycles. The van der Waals surface area contributed by atoms with Crippen LogP contribution in [0.5, 0.6) is 0 Å². The Labute approximate surface area is 106 Å². The first-order valence-electron chi connectivity index (χ1n) is 7.21. The third kappa shape index (κ3) is 2.51. The smallest absolute Gasteiger partial charge is 0.0594 e. The van der Waals surface area contributed by atoms with Gasteiger partial charge in [0.15, 0.2) is 0 Å². The van der Waals surface area contributed by atoms with E-state index in [2.05, 4.69) is 31.1 Å². The van der Waals surface area contributed by atoms with Gasteiger partial charge < -0.3 is 10.1 Å². The molecule has 1 unspecified atom stereocenters. The minimum absolute atomic E-state index is 0.396. The van der Waals surface area contributed by atoms with Gasteiger partial charge in [0.25, 0.3) is 0 Å². The van der Waals surface area contributed by atoms with Crippen LogP contribution in [0.1, 0.15) is 39.5 Å². The molecule has 0 radical (unpaired) electrons. The maximum absolute atomic E-state index is 5.52. The first-order valence-corrected chi connectivity index (χ1v) is 7.21. The number of nitrogens with one attached hydrogen (secondary N) is 1. The summed E-state index contributed by atoms with van der Waals surface area (Å²) in [5, 5.41) is 3.60. The normalized spacial score (nSPS) is 27.5. The van der Waals surface area contributed by atoms with E-state index in [-0.39, 0.29) is 0 Å². The van der Waals surface area contributed by atoms with Gasteiger partial charge in [0.2, 0.25) is 0 Å². The minimum atomic E-state index is 0.396. The molecule has 2 aliphatic rings. The molecule has 1 saturated carbocycles. The van der Waals surface area contributed by atoms with Crippen molar-refractivity contribution in [2.75, 3.05) is 33.4 Å². The number of ether oxygens (including phenoxy) is 1. The summed E-state index contributed by atoms with van der Waals surface area (Å²) < 4.78 is 5.52. The first kappa shape index (κ1) is 13.3. The summed E-state index contributed by atoms with van der Waals surface area (Å²) in [4.78, 5) is 2.71. The van der Waals surface area contributed by atoms with Crippen LogP contribution in [0.2, 0.25) is 0 Å². The van der Waals surface area contributed by atoms with Crippen LogP contribution >= 0.6 is 0 Å². The average molecular weight is 240 g/mol. The molecule has 0 bridgehead atoms. The van der Waals surface area contributed by atoms with Crippen LogP contribution in [-0.4, -0.2) is 49.8 Å². The van der Waals surface area contributed by atoms with E-state index >= 15 is 0 Å². The molecule has 17 heavy (non-hydrogen) atoms. The molecular formula is C14H28N2O. The monoisotopic (exact) mass is 240 g/mol. The van der Waals surface area contributed by atoms with E-state index in [1.165, 1.54) is 25.7 Å². The molecule has 1 saturated heterocycles. The SMILES string of the molecule is CNC(C(C)C)C1(N2CCOCC2)CCCC1. The van der Waals surface area contributed by atoms with E-state index in [4.69, 9.17) is 4.74 Å². The third-order valence-electron chi connectivity index (χ3n) is 4.67. The first-order chi connectivity index (χ1) is 8.20. The quantitative estimate of drug-likeness (QED) is 0.812. The Bertz CT molecular complexity index is 230. The highest BCUT2D eigenvalue weighted by molar-refractivity contribution is 5.04. The van der Waals surface area contributed by atoms with E-state index in [9.17, 15) is 0 Å². The van der Waals surface area contributed by atoms with Crippen molar-refractivity contribution in [2.24, 2.45) is 5.92 Å². The van der Waals surface area contributed by atoms with Crippen LogP contribution < -0.4 is 5.32 Å². The van der Waals surface area contributed by atoms with E-state index in [0.29, 0.717) is 17.5 Å². The van der Waals surface area contributed by atoms with Gasteiger partial charge >= 0.3 is 0 Å². The maximum atomic E-state index is 5.52. The van der Waals surface area contributed by atoms with Crippen molar-refractivity contribution in [2.45, 2.75) is 51.1 Å². The summed E-state index contributed by atoms with van der Waals surface area (Å²) in [5.74, 6) is 0.695. The van der Waals surface area contributed by atoms with Crippen molar-refractivity contribution >= 4 is 0 Å². The Morgan fingerprint density at radius 2 is 1.71 bits per heavy atom. The summed E-state index contributed by atoms with van der Waals surface area (Å²) in [6, 6.07) is 0.614. The Hall–Kier alpha value is -0.120. The van der Waals surface area contributed by atoms with Crippen molar-refractivity contribution in [3.05, 3.63) is 0 Å². The van der Waals surface area contributed by atoms with E-state index in [1.807, 2.05) is 0 Å². The molecule has 2 fully saturated rings. The molecule has 0 aromatic carbocycles. The second kappa shape index (κ2) is 5.68. The maximum Gasteiger partial charge on any atom is 0.0594 e. The predicted octanol–water partition coefficient (Wildman–Crippen LogP) is 1.88. The van der Waals surface area contributed by atoms with Crippen LogP contribution in [0.4, 0.5) is 0 Å². The lowest BCUT2D eigenvalue weighted by Gasteiger charge is -2.49. The topological polar surface area (TPSA) is 24.5 Å². The Balaban J connectivity index is 2.17. The zero-order chi connectivity index (χ0) is 12.3. The molecule has 0 amide bonds. The van der Waals surface area contributed by atoms with Crippen LogP contribution in [-0.2, 0) is 4.74 Å². The number of hydrogen-bond acceptors (Lipinski definition) is 3. The number of morpholine rings is 1. The Morgan fingerprint density at radius 3 is 2.18 bits per heavy atom. The second-order valence-corrected chi connectivity index (χ2v) is 5.92. The lowest BCUT2D eigenvalue weighted by atomic mass is 9.79. The average Bonchev–Trinajstić information content (AvgIpc) is 2.81. The highest BCUT2D eigenvalue weighted by Crippen LogP contribution is 2.40. The van der Waals surface area contributed by atoms with Crippen molar-refractivity contribution in [3.63, 3.8) is 0 Å². The van der Waals surface area contributed by atoms with Gasteiger partial charge in [0.05, 0.1) is 13.2 Å². The van der Waals surface area contributed by atoms with Crippen LogP contribution in [0, 0.1) is 5.92 Å². The third-order valence-corrected chi connectivity index (χ3v) is 4.67. The van der Waals surface area contributed by atoms with Gasteiger partial charge in [-0.3, -0.25) is 4.90 Å². The standard InChI is InChI=1S/C14H28N2O/c1-12(2)13(15-3)14(6-4-5-7-14)16-8-10-17-11-9-16/h12-13,15H,4-11H2,1-3H3. The lowest BCUT2D eigenvalue weighted by Crippen LogP contribution is -2.63. The fourth-order valence-electron chi connectivity index (χ4n) is 4.04. The van der Waals surface area contributed by atoms with E-state index < -0.39 is 0 Å². The van der Waals surface area contributed by atoms with Gasteiger partial charge in [0, 0.05) is 24.7 Å². The van der Waals surface area contributed by atoms with Gasteiger partial charge in [-0.05, 0) is 25.8 Å². The van der Waals surface area contributed by atoms with Gasteiger partial charge in [-0.1, -0.05) is 26.7 Å². The summed E-state index contributed by atoms with van der Waals surface area (Å²) >= 11 is 0. The molecule has 3 nitrogen and oxygen atoms in total. The number of nitrogens with zero attached hydrogens (tertiary/aromatic N) is 1. The molecule has 0 aromatic heterocycles. The highest BCUT2D eigenvalue weighted by atomic mass is 16.5. The Morgan fingerprint density at radius 1 is 1.12 bits per heavy atom. The van der Waals surface area contributed by atoms with Gasteiger partial charge in [-0.15, -0.1) is 0 Å². The molecule has 0 aromatic rings. The molecule has 100 valence electrons. The summed E-state index contributed by atoms with van der Waals surface area (Å²) in [6.45, 7) is 8.76. The second-order valence-electron chi connectivity index (χ2n) is 5.92. The summed E-state index contributed by atoms with van der Waals surface area (Å²) in [7, 11) is 2.13. The molecule has 3 heteroatoms. The van der Waals surface area contributed by atoms with E-state index in [0.717, 1.165) is 26.3 Å². The molecule has 1 atom stereocenters. The molecule has 1 heterocycles. The zero-order valence-electron chi connectivity index (χ0n) is 11.7. The van der Waals surface area contributed by atoms with E-state index in [1.54, 1.807) is 0 Å². The van der Waals surface area contributed by atoms with Crippen LogP contribution in [0.3, 0.4) is 0 Å². The van der Waals surface area contributed by atoms with Crippen LogP contribution in [0.15, 0.2) is 0 Å². The summed E-state index contributed by atoms with van der Waals surface area (Å²) in [6.07, 6.45) is 5.50.